The van der Waals surface area contributed by atoms with Crippen LogP contribution in [0.1, 0.15) is 11.1 Å². The number of hydrogen-bond acceptors (Lipinski definition) is 5. The van der Waals surface area contributed by atoms with Gasteiger partial charge in [0.1, 0.15) is 24.1 Å². The van der Waals surface area contributed by atoms with Crippen molar-refractivity contribution in [1.82, 2.24) is 10.2 Å². The van der Waals surface area contributed by atoms with Gasteiger partial charge in [-0.05, 0) is 71.8 Å². The molecule has 8 nitrogen and oxygen atoms in total. The highest BCUT2D eigenvalue weighted by molar-refractivity contribution is 7.92. The van der Waals surface area contributed by atoms with E-state index in [0.717, 1.165) is 15.4 Å². The second-order valence-electron chi connectivity index (χ2n) is 10.7. The van der Waals surface area contributed by atoms with Gasteiger partial charge in [-0.25, -0.2) is 8.42 Å². The van der Waals surface area contributed by atoms with Gasteiger partial charge in [-0.15, -0.1) is 0 Å². The van der Waals surface area contributed by atoms with Crippen molar-refractivity contribution in [1.29, 1.82) is 0 Å². The summed E-state index contributed by atoms with van der Waals surface area (Å²) in [6.45, 7) is -0.518. The third-order valence-electron chi connectivity index (χ3n) is 7.50. The molecule has 5 aromatic rings. The molecule has 0 spiro atoms. The van der Waals surface area contributed by atoms with Crippen LogP contribution in [0.25, 0.3) is 0 Å². The summed E-state index contributed by atoms with van der Waals surface area (Å²) in [6, 6.07) is 39.0. The second kappa shape index (κ2) is 15.4. The molecule has 1 atom stereocenters. The van der Waals surface area contributed by atoms with E-state index in [1.165, 1.54) is 24.1 Å². The fraction of sp³-hybridized carbons (Fsp3) is 0.135. The lowest BCUT2D eigenvalue weighted by Crippen LogP contribution is -2.53. The van der Waals surface area contributed by atoms with Crippen LogP contribution >= 0.6 is 11.6 Å². The average molecular weight is 668 g/mol. The summed E-state index contributed by atoms with van der Waals surface area (Å²) in [4.78, 5) is 29.3. The number of halogens is 1. The van der Waals surface area contributed by atoms with Gasteiger partial charge in [0.25, 0.3) is 10.0 Å². The molecule has 47 heavy (non-hydrogen) atoms. The van der Waals surface area contributed by atoms with Gasteiger partial charge < -0.3 is 15.0 Å². The fourth-order valence-corrected chi connectivity index (χ4v) is 6.62. The van der Waals surface area contributed by atoms with Crippen LogP contribution in [0, 0.1) is 0 Å². The first-order valence-corrected chi connectivity index (χ1v) is 16.8. The molecular weight excluding hydrogens is 634 g/mol. The van der Waals surface area contributed by atoms with E-state index in [4.69, 9.17) is 16.3 Å². The van der Waals surface area contributed by atoms with Crippen LogP contribution in [-0.2, 0) is 32.6 Å². The Kier molecular flexibility index (Phi) is 10.9. The minimum absolute atomic E-state index is 0.0220. The first-order valence-electron chi connectivity index (χ1n) is 14.9. The third-order valence-corrected chi connectivity index (χ3v) is 9.54. The second-order valence-corrected chi connectivity index (χ2v) is 13.0. The number of carbonyl (C=O) groups is 2. The van der Waals surface area contributed by atoms with Gasteiger partial charge in [-0.1, -0.05) is 90.5 Å². The van der Waals surface area contributed by atoms with Crippen LogP contribution < -0.4 is 14.4 Å². The van der Waals surface area contributed by atoms with E-state index in [2.05, 4.69) is 5.32 Å². The van der Waals surface area contributed by atoms with Gasteiger partial charge >= 0.3 is 0 Å². The molecule has 0 saturated carbocycles. The van der Waals surface area contributed by atoms with Crippen LogP contribution in [0.15, 0.2) is 144 Å². The Morgan fingerprint density at radius 2 is 1.28 bits per heavy atom. The molecule has 0 saturated heterocycles. The Morgan fingerprint density at radius 1 is 0.723 bits per heavy atom. The lowest BCUT2D eigenvalue weighted by Gasteiger charge is -2.33. The quantitative estimate of drug-likeness (QED) is 0.151. The third kappa shape index (κ3) is 8.58. The van der Waals surface area contributed by atoms with E-state index in [0.29, 0.717) is 16.5 Å². The zero-order valence-corrected chi connectivity index (χ0v) is 27.3. The maximum atomic E-state index is 14.4. The Hall–Kier alpha value is -5.12. The largest absolute Gasteiger partial charge is 0.457 e. The number of anilines is 1. The van der Waals surface area contributed by atoms with Crippen molar-refractivity contribution in [2.24, 2.45) is 0 Å². The van der Waals surface area contributed by atoms with E-state index in [1.807, 2.05) is 60.7 Å². The first kappa shape index (κ1) is 33.2. The number of para-hydroxylation sites is 1. The summed E-state index contributed by atoms with van der Waals surface area (Å²) in [5.41, 5.74) is 1.83. The van der Waals surface area contributed by atoms with Gasteiger partial charge in [0.05, 0.1) is 10.6 Å². The predicted octanol–water partition coefficient (Wildman–Crippen LogP) is 6.71. The molecule has 240 valence electrons. The van der Waals surface area contributed by atoms with Crippen LogP contribution in [-0.4, -0.2) is 44.8 Å². The zero-order chi connectivity index (χ0) is 33.2. The number of carbonyl (C=O) groups excluding carboxylic acids is 2. The average Bonchev–Trinajstić information content (AvgIpc) is 3.10. The molecule has 0 aromatic heterocycles. The van der Waals surface area contributed by atoms with Crippen molar-refractivity contribution in [3.8, 4) is 11.5 Å². The minimum Gasteiger partial charge on any atom is -0.457 e. The SMILES string of the molecule is CNC(=O)C(Cc1ccccc1)N(Cc1ccc(Cl)cc1)C(=O)CN(c1ccc(Oc2ccccc2)cc1)S(=O)(=O)c1ccccc1. The molecule has 0 bridgehead atoms. The number of likely N-dealkylation sites (N-methyl/N-ethyl adjacent to an activating group) is 1. The van der Waals surface area contributed by atoms with Gasteiger partial charge in [0.15, 0.2) is 0 Å². The molecule has 10 heteroatoms. The van der Waals surface area contributed by atoms with Crippen LogP contribution in [0.5, 0.6) is 11.5 Å². The van der Waals surface area contributed by atoms with Gasteiger partial charge in [0, 0.05) is 25.0 Å². The zero-order valence-electron chi connectivity index (χ0n) is 25.7. The topological polar surface area (TPSA) is 96.0 Å². The maximum absolute atomic E-state index is 14.4. The summed E-state index contributed by atoms with van der Waals surface area (Å²) in [6.07, 6.45) is 0.219. The Balaban J connectivity index is 1.53. The highest BCUT2D eigenvalue weighted by Crippen LogP contribution is 2.29. The first-order chi connectivity index (χ1) is 22.7. The molecular formula is C37H34ClN3O5S. The van der Waals surface area contributed by atoms with Crippen molar-refractivity contribution in [2.45, 2.75) is 23.9 Å². The van der Waals surface area contributed by atoms with E-state index in [1.54, 1.807) is 66.7 Å². The smallest absolute Gasteiger partial charge is 0.264 e. The lowest BCUT2D eigenvalue weighted by atomic mass is 10.0. The van der Waals surface area contributed by atoms with Gasteiger partial charge in [0.2, 0.25) is 11.8 Å². The van der Waals surface area contributed by atoms with Gasteiger partial charge in [-0.3, -0.25) is 13.9 Å². The number of rotatable bonds is 13. The lowest BCUT2D eigenvalue weighted by molar-refractivity contribution is -0.139. The Morgan fingerprint density at radius 3 is 1.87 bits per heavy atom. The van der Waals surface area contributed by atoms with Crippen molar-refractivity contribution < 1.29 is 22.7 Å². The standard InChI is InChI=1S/C37H34ClN3O5S/c1-39-37(43)35(25-28-11-5-2-6-12-28)40(26-29-17-19-30(38)20-18-29)36(42)27-41(47(44,45)34-15-9-4-10-16-34)31-21-23-33(24-22-31)46-32-13-7-3-8-14-32/h2-24,35H,25-27H2,1H3,(H,39,43). The summed E-state index contributed by atoms with van der Waals surface area (Å²) >= 11 is 6.13. The number of nitrogens with zero attached hydrogens (tertiary/aromatic N) is 2. The maximum Gasteiger partial charge on any atom is 0.264 e. The molecule has 2 amide bonds. The predicted molar refractivity (Wildman–Crippen MR) is 184 cm³/mol. The van der Waals surface area contributed by atoms with Crippen LogP contribution in [0.4, 0.5) is 5.69 Å². The number of nitrogens with one attached hydrogen (secondary N) is 1. The van der Waals surface area contributed by atoms with Crippen molar-refractivity contribution in [3.05, 3.63) is 156 Å². The fourth-order valence-electron chi connectivity index (χ4n) is 5.06. The number of benzene rings is 5. The Bertz CT molecular complexity index is 1870. The normalized spacial score (nSPS) is 11.7. The molecule has 5 aromatic carbocycles. The molecule has 0 heterocycles. The monoisotopic (exact) mass is 667 g/mol. The van der Waals surface area contributed by atoms with E-state index < -0.39 is 28.5 Å². The summed E-state index contributed by atoms with van der Waals surface area (Å²) in [5, 5.41) is 3.21. The molecule has 0 aliphatic heterocycles. The molecule has 5 rings (SSSR count). The summed E-state index contributed by atoms with van der Waals surface area (Å²) < 4.78 is 35.3. The van der Waals surface area contributed by atoms with Crippen molar-refractivity contribution in [2.75, 3.05) is 17.9 Å². The number of hydrogen-bond donors (Lipinski definition) is 1. The molecule has 0 aliphatic carbocycles. The molecule has 0 fully saturated rings. The van der Waals surface area contributed by atoms with Crippen molar-refractivity contribution >= 4 is 39.1 Å². The molecule has 1 N–H and O–H groups in total. The number of ether oxygens (including phenoxy) is 1. The van der Waals surface area contributed by atoms with Crippen molar-refractivity contribution in [3.63, 3.8) is 0 Å². The number of sulfonamides is 1. The van der Waals surface area contributed by atoms with Crippen LogP contribution in [0.2, 0.25) is 5.02 Å². The van der Waals surface area contributed by atoms with E-state index >= 15 is 0 Å². The van der Waals surface area contributed by atoms with E-state index in [9.17, 15) is 18.0 Å². The van der Waals surface area contributed by atoms with Crippen LogP contribution in [0.3, 0.4) is 0 Å². The molecule has 0 aliphatic rings. The summed E-state index contributed by atoms with van der Waals surface area (Å²) in [7, 11) is -2.71. The highest BCUT2D eigenvalue weighted by atomic mass is 35.5. The number of amides is 2. The minimum atomic E-state index is -4.22. The highest BCUT2D eigenvalue weighted by Gasteiger charge is 2.34. The molecule has 0 radical (unpaired) electrons. The van der Waals surface area contributed by atoms with Gasteiger partial charge in [-0.2, -0.15) is 0 Å². The Labute approximate surface area is 280 Å². The molecule has 1 unspecified atom stereocenters. The van der Waals surface area contributed by atoms with E-state index in [-0.39, 0.29) is 29.5 Å². The summed E-state index contributed by atoms with van der Waals surface area (Å²) in [5.74, 6) is 0.181.